The molecule has 2 saturated heterocycles. The van der Waals surface area contributed by atoms with E-state index in [0.717, 1.165) is 13.1 Å². The molecule has 19 heavy (non-hydrogen) atoms. The minimum absolute atomic E-state index is 0.0702. The fourth-order valence-corrected chi connectivity index (χ4v) is 2.44. The van der Waals surface area contributed by atoms with Crippen molar-refractivity contribution < 1.29 is 19.4 Å². The number of carbonyl (C=O) groups is 1. The molecule has 2 atom stereocenters. The molecule has 6 heteroatoms. The summed E-state index contributed by atoms with van der Waals surface area (Å²) in [7, 11) is 0. The van der Waals surface area contributed by atoms with Gasteiger partial charge in [-0.15, -0.1) is 0 Å². The quantitative estimate of drug-likeness (QED) is 0.744. The topological polar surface area (TPSA) is 62.2 Å². The van der Waals surface area contributed by atoms with E-state index < -0.39 is 11.7 Å². The van der Waals surface area contributed by atoms with E-state index >= 15 is 0 Å². The monoisotopic (exact) mass is 272 g/mol. The van der Waals surface area contributed by atoms with Crippen LogP contribution in [0.5, 0.6) is 0 Å². The number of piperazine rings is 1. The molecule has 1 amide bonds. The Balaban J connectivity index is 1.80. The van der Waals surface area contributed by atoms with Crippen molar-refractivity contribution in [1.82, 2.24) is 9.80 Å². The maximum absolute atomic E-state index is 11.9. The van der Waals surface area contributed by atoms with Crippen LogP contribution in [0.15, 0.2) is 0 Å². The lowest BCUT2D eigenvalue weighted by Crippen LogP contribution is -2.55. The molecule has 0 bridgehead atoms. The summed E-state index contributed by atoms with van der Waals surface area (Å²) >= 11 is 0. The van der Waals surface area contributed by atoms with Crippen molar-refractivity contribution in [1.29, 1.82) is 0 Å². The third kappa shape index (κ3) is 3.81. The van der Waals surface area contributed by atoms with Crippen molar-refractivity contribution in [3.8, 4) is 0 Å². The molecular weight excluding hydrogens is 248 g/mol. The van der Waals surface area contributed by atoms with Gasteiger partial charge in [0.1, 0.15) is 5.60 Å². The van der Waals surface area contributed by atoms with E-state index in [0.29, 0.717) is 26.3 Å². The molecule has 2 rings (SSSR count). The predicted octanol–water partition coefficient (Wildman–Crippen LogP) is 0.299. The second-order valence-electron chi connectivity index (χ2n) is 6.18. The van der Waals surface area contributed by atoms with Crippen LogP contribution in [0.1, 0.15) is 20.8 Å². The molecular formula is C13H24N2O4. The molecule has 6 nitrogen and oxygen atoms in total. The van der Waals surface area contributed by atoms with Gasteiger partial charge in [-0.2, -0.15) is 0 Å². The van der Waals surface area contributed by atoms with Crippen LogP contribution in [0.25, 0.3) is 0 Å². The summed E-state index contributed by atoms with van der Waals surface area (Å²) in [4.78, 5) is 15.8. The molecule has 0 aromatic heterocycles. The Morgan fingerprint density at radius 3 is 2.32 bits per heavy atom. The summed E-state index contributed by atoms with van der Waals surface area (Å²) in [6.07, 6.45) is -0.663. The van der Waals surface area contributed by atoms with Crippen molar-refractivity contribution in [2.45, 2.75) is 38.5 Å². The number of hydrogen-bond donors (Lipinski definition) is 1. The molecule has 2 fully saturated rings. The summed E-state index contributed by atoms with van der Waals surface area (Å²) in [6.45, 7) is 9.38. The second kappa shape index (κ2) is 5.64. The average molecular weight is 272 g/mol. The molecule has 2 heterocycles. The number of amides is 1. The van der Waals surface area contributed by atoms with Gasteiger partial charge in [0, 0.05) is 26.2 Å². The van der Waals surface area contributed by atoms with Crippen LogP contribution >= 0.6 is 0 Å². The SMILES string of the molecule is CC(C)(C)OC(=O)N1CCN([C@H]2COC[C@H]2O)CC1. The highest BCUT2D eigenvalue weighted by Gasteiger charge is 2.34. The number of aliphatic hydroxyl groups is 1. The zero-order valence-electron chi connectivity index (χ0n) is 12.0. The smallest absolute Gasteiger partial charge is 0.410 e. The maximum Gasteiger partial charge on any atom is 0.410 e. The van der Waals surface area contributed by atoms with Gasteiger partial charge in [-0.1, -0.05) is 0 Å². The third-order valence-corrected chi connectivity index (χ3v) is 3.46. The minimum Gasteiger partial charge on any atom is -0.444 e. The number of nitrogens with zero attached hydrogens (tertiary/aromatic N) is 2. The van der Waals surface area contributed by atoms with E-state index in [1.807, 2.05) is 20.8 Å². The zero-order valence-corrected chi connectivity index (χ0v) is 12.0. The van der Waals surface area contributed by atoms with Crippen molar-refractivity contribution in [3.05, 3.63) is 0 Å². The molecule has 0 spiro atoms. The highest BCUT2D eigenvalue weighted by molar-refractivity contribution is 5.68. The normalized spacial score (nSPS) is 29.6. The van der Waals surface area contributed by atoms with Crippen LogP contribution in [0.4, 0.5) is 4.79 Å². The molecule has 0 aromatic rings. The summed E-state index contributed by atoms with van der Waals surface area (Å²) in [5.41, 5.74) is -0.455. The average Bonchev–Trinajstić information content (AvgIpc) is 2.73. The Morgan fingerprint density at radius 2 is 1.84 bits per heavy atom. The lowest BCUT2D eigenvalue weighted by molar-refractivity contribution is 0.00310. The lowest BCUT2D eigenvalue weighted by Gasteiger charge is -2.38. The fraction of sp³-hybridized carbons (Fsp3) is 0.923. The van der Waals surface area contributed by atoms with E-state index in [1.165, 1.54) is 0 Å². The number of rotatable bonds is 1. The number of aliphatic hydroxyl groups excluding tert-OH is 1. The van der Waals surface area contributed by atoms with Gasteiger partial charge in [-0.25, -0.2) is 4.79 Å². The van der Waals surface area contributed by atoms with Crippen LogP contribution in [0.3, 0.4) is 0 Å². The molecule has 1 N–H and O–H groups in total. The van der Waals surface area contributed by atoms with Crippen LogP contribution < -0.4 is 0 Å². The van der Waals surface area contributed by atoms with E-state index in [9.17, 15) is 9.90 Å². The van der Waals surface area contributed by atoms with Crippen LogP contribution in [0, 0.1) is 0 Å². The third-order valence-electron chi connectivity index (χ3n) is 3.46. The highest BCUT2D eigenvalue weighted by atomic mass is 16.6. The van der Waals surface area contributed by atoms with Crippen LogP contribution in [0.2, 0.25) is 0 Å². The molecule has 0 saturated carbocycles. The summed E-state index contributed by atoms with van der Waals surface area (Å²) in [5, 5.41) is 9.80. The lowest BCUT2D eigenvalue weighted by atomic mass is 10.1. The standard InChI is InChI=1S/C13H24N2O4/c1-13(2,3)19-12(17)15-6-4-14(5-7-15)10-8-18-9-11(10)16/h10-11,16H,4-9H2,1-3H3/t10-,11+/m0/s1. The number of carbonyl (C=O) groups excluding carboxylic acids is 1. The molecule has 0 aliphatic carbocycles. The first-order chi connectivity index (χ1) is 8.87. The Kier molecular flexibility index (Phi) is 4.32. The largest absolute Gasteiger partial charge is 0.444 e. The first-order valence-corrected chi connectivity index (χ1v) is 6.84. The minimum atomic E-state index is -0.455. The number of ether oxygens (including phenoxy) is 2. The van der Waals surface area contributed by atoms with Gasteiger partial charge in [0.25, 0.3) is 0 Å². The molecule has 0 radical (unpaired) electrons. The van der Waals surface area contributed by atoms with E-state index in [-0.39, 0.29) is 12.1 Å². The van der Waals surface area contributed by atoms with Crippen LogP contribution in [-0.4, -0.2) is 78.1 Å². The van der Waals surface area contributed by atoms with Crippen molar-refractivity contribution in [2.75, 3.05) is 39.4 Å². The van der Waals surface area contributed by atoms with E-state index in [2.05, 4.69) is 4.90 Å². The van der Waals surface area contributed by atoms with Gasteiger partial charge < -0.3 is 19.5 Å². The Morgan fingerprint density at radius 1 is 1.21 bits per heavy atom. The highest BCUT2D eigenvalue weighted by Crippen LogP contribution is 2.17. The van der Waals surface area contributed by atoms with Crippen molar-refractivity contribution in [2.24, 2.45) is 0 Å². The van der Waals surface area contributed by atoms with Gasteiger partial charge in [0.2, 0.25) is 0 Å². The summed E-state index contributed by atoms with van der Waals surface area (Å²) in [6, 6.07) is 0.0702. The summed E-state index contributed by atoms with van der Waals surface area (Å²) in [5.74, 6) is 0. The Bertz CT molecular complexity index is 321. The first kappa shape index (κ1) is 14.6. The molecule has 2 aliphatic heterocycles. The van der Waals surface area contributed by atoms with Gasteiger partial charge in [-0.05, 0) is 20.8 Å². The van der Waals surface area contributed by atoms with Crippen LogP contribution in [-0.2, 0) is 9.47 Å². The predicted molar refractivity (Wildman–Crippen MR) is 70.0 cm³/mol. The van der Waals surface area contributed by atoms with E-state index in [1.54, 1.807) is 4.90 Å². The second-order valence-corrected chi connectivity index (χ2v) is 6.18. The fourth-order valence-electron chi connectivity index (χ4n) is 2.44. The summed E-state index contributed by atoms with van der Waals surface area (Å²) < 4.78 is 10.6. The van der Waals surface area contributed by atoms with Gasteiger partial charge in [0.15, 0.2) is 0 Å². The van der Waals surface area contributed by atoms with Crippen molar-refractivity contribution >= 4 is 6.09 Å². The Hall–Kier alpha value is -0.850. The van der Waals surface area contributed by atoms with Gasteiger partial charge >= 0.3 is 6.09 Å². The molecule has 0 unspecified atom stereocenters. The molecule has 110 valence electrons. The van der Waals surface area contributed by atoms with Gasteiger partial charge in [0.05, 0.1) is 25.4 Å². The van der Waals surface area contributed by atoms with Crippen molar-refractivity contribution in [3.63, 3.8) is 0 Å². The maximum atomic E-state index is 11.9. The number of hydrogen-bond acceptors (Lipinski definition) is 5. The van der Waals surface area contributed by atoms with Gasteiger partial charge in [-0.3, -0.25) is 4.90 Å². The van der Waals surface area contributed by atoms with E-state index in [4.69, 9.17) is 9.47 Å². The first-order valence-electron chi connectivity index (χ1n) is 6.84. The Labute approximate surface area is 114 Å². The molecule has 0 aromatic carbocycles. The molecule has 2 aliphatic rings. The zero-order chi connectivity index (χ0) is 14.0.